The molecule has 0 saturated heterocycles. The number of nitrogens with one attached hydrogen (secondary N) is 1. The average molecular weight is 211 g/mol. The minimum Gasteiger partial charge on any atom is -0.409 e. The maximum atomic E-state index is 11.5. The summed E-state index contributed by atoms with van der Waals surface area (Å²) in [6.07, 6.45) is 1.61. The van der Waals surface area contributed by atoms with Crippen molar-refractivity contribution in [1.29, 1.82) is 0 Å². The molecule has 0 spiro atoms. The number of nitrogens with zero attached hydrogens (tertiary/aromatic N) is 3. The first-order valence-electron chi connectivity index (χ1n) is 4.29. The number of aromatic nitrogens is 2. The number of hydrogen-bond donors (Lipinski definition) is 3. The second kappa shape index (κ2) is 4.45. The van der Waals surface area contributed by atoms with Gasteiger partial charge in [0.15, 0.2) is 5.84 Å². The molecule has 82 valence electrons. The molecule has 0 atom stereocenters. The fraction of sp³-hybridized carbons (Fsp3) is 0.375. The van der Waals surface area contributed by atoms with Gasteiger partial charge in [0.25, 0.3) is 5.91 Å². The topological polar surface area (TPSA) is 106 Å². The molecule has 1 aromatic rings. The van der Waals surface area contributed by atoms with E-state index in [1.165, 1.54) is 0 Å². The van der Waals surface area contributed by atoms with Gasteiger partial charge in [-0.1, -0.05) is 5.16 Å². The highest BCUT2D eigenvalue weighted by atomic mass is 16.4. The van der Waals surface area contributed by atoms with Crippen LogP contribution in [0, 0.1) is 6.92 Å². The van der Waals surface area contributed by atoms with Gasteiger partial charge in [0.1, 0.15) is 0 Å². The van der Waals surface area contributed by atoms with Crippen LogP contribution in [0.2, 0.25) is 0 Å². The van der Waals surface area contributed by atoms with Crippen molar-refractivity contribution in [3.05, 3.63) is 17.5 Å². The summed E-state index contributed by atoms with van der Waals surface area (Å²) in [5.41, 5.74) is 6.32. The molecule has 0 aromatic carbocycles. The largest absolute Gasteiger partial charge is 0.409 e. The summed E-state index contributed by atoms with van der Waals surface area (Å²) in [7, 11) is 1.73. The minimum atomic E-state index is -0.299. The van der Waals surface area contributed by atoms with Crippen molar-refractivity contribution in [2.45, 2.75) is 6.92 Å². The van der Waals surface area contributed by atoms with Crippen LogP contribution >= 0.6 is 0 Å². The Morgan fingerprint density at radius 3 is 2.93 bits per heavy atom. The second-order valence-electron chi connectivity index (χ2n) is 3.08. The molecule has 1 heterocycles. The molecule has 0 radical (unpaired) electrons. The molecule has 1 aromatic heterocycles. The van der Waals surface area contributed by atoms with E-state index < -0.39 is 0 Å². The summed E-state index contributed by atoms with van der Waals surface area (Å²) in [5, 5.41) is 17.5. The van der Waals surface area contributed by atoms with Crippen molar-refractivity contribution in [3.8, 4) is 0 Å². The van der Waals surface area contributed by atoms with Gasteiger partial charge in [0.2, 0.25) is 0 Å². The summed E-state index contributed by atoms with van der Waals surface area (Å²) in [5.74, 6) is -0.350. The Bertz CT molecular complexity index is 396. The summed E-state index contributed by atoms with van der Waals surface area (Å²) >= 11 is 0. The van der Waals surface area contributed by atoms with Crippen molar-refractivity contribution >= 4 is 11.7 Å². The Balaban J connectivity index is 2.66. The average Bonchev–Trinajstić information content (AvgIpc) is 2.53. The zero-order valence-electron chi connectivity index (χ0n) is 8.56. The predicted octanol–water partition coefficient (Wildman–Crippen LogP) is -0.795. The number of amidine groups is 1. The van der Waals surface area contributed by atoms with Crippen molar-refractivity contribution < 1.29 is 10.0 Å². The van der Waals surface area contributed by atoms with Crippen LogP contribution in [-0.2, 0) is 7.05 Å². The van der Waals surface area contributed by atoms with Crippen LogP contribution in [0.15, 0.2) is 11.4 Å². The molecule has 1 amide bonds. The van der Waals surface area contributed by atoms with Gasteiger partial charge in [-0.25, -0.2) is 0 Å². The zero-order valence-corrected chi connectivity index (χ0v) is 8.56. The third-order valence-corrected chi connectivity index (χ3v) is 1.82. The lowest BCUT2D eigenvalue weighted by molar-refractivity contribution is 0.0958. The van der Waals surface area contributed by atoms with E-state index in [0.717, 1.165) is 0 Å². The highest BCUT2D eigenvalue weighted by Crippen LogP contribution is 2.03. The second-order valence-corrected chi connectivity index (χ2v) is 3.08. The van der Waals surface area contributed by atoms with Crippen LogP contribution in [0.25, 0.3) is 0 Å². The Morgan fingerprint density at radius 1 is 1.80 bits per heavy atom. The fourth-order valence-corrected chi connectivity index (χ4v) is 1.12. The summed E-state index contributed by atoms with van der Waals surface area (Å²) in [6, 6.07) is 0. The molecule has 0 aliphatic rings. The van der Waals surface area contributed by atoms with Gasteiger partial charge in [-0.15, -0.1) is 0 Å². The normalized spacial score (nSPS) is 11.5. The molecular weight excluding hydrogens is 198 g/mol. The van der Waals surface area contributed by atoms with Gasteiger partial charge in [0, 0.05) is 13.2 Å². The standard InChI is InChI=1S/C8H13N5O2/c1-5-6(4-13(2)11-5)8(14)10-3-7(9)12-15/h4,15H,3H2,1-2H3,(H2,9,12)(H,10,14). The van der Waals surface area contributed by atoms with Gasteiger partial charge < -0.3 is 16.3 Å². The third-order valence-electron chi connectivity index (χ3n) is 1.82. The van der Waals surface area contributed by atoms with E-state index in [1.807, 2.05) is 0 Å². The Labute approximate surface area is 86.6 Å². The summed E-state index contributed by atoms with van der Waals surface area (Å²) in [6.45, 7) is 1.74. The quantitative estimate of drug-likeness (QED) is 0.263. The summed E-state index contributed by atoms with van der Waals surface area (Å²) < 4.78 is 1.55. The first kappa shape index (κ1) is 11.0. The summed E-state index contributed by atoms with van der Waals surface area (Å²) in [4.78, 5) is 11.5. The molecule has 4 N–H and O–H groups in total. The Hall–Kier alpha value is -2.05. The molecule has 15 heavy (non-hydrogen) atoms. The number of rotatable bonds is 3. The van der Waals surface area contributed by atoms with E-state index >= 15 is 0 Å². The van der Waals surface area contributed by atoms with Gasteiger partial charge >= 0.3 is 0 Å². The molecule has 7 heteroatoms. The minimum absolute atomic E-state index is 0.00364. The molecule has 1 rings (SSSR count). The molecule has 0 aliphatic carbocycles. The van der Waals surface area contributed by atoms with E-state index in [4.69, 9.17) is 10.9 Å². The number of aryl methyl sites for hydroxylation is 2. The predicted molar refractivity (Wildman–Crippen MR) is 53.7 cm³/mol. The third kappa shape index (κ3) is 2.70. The van der Waals surface area contributed by atoms with E-state index in [-0.39, 0.29) is 18.3 Å². The maximum Gasteiger partial charge on any atom is 0.255 e. The lowest BCUT2D eigenvalue weighted by Crippen LogP contribution is -2.33. The van der Waals surface area contributed by atoms with Crippen LogP contribution in [0.5, 0.6) is 0 Å². The number of oxime groups is 1. The number of nitrogens with two attached hydrogens (primary N) is 1. The van der Waals surface area contributed by atoms with Crippen LogP contribution in [0.3, 0.4) is 0 Å². The van der Waals surface area contributed by atoms with Crippen LogP contribution < -0.4 is 11.1 Å². The lowest BCUT2D eigenvalue weighted by atomic mass is 10.2. The van der Waals surface area contributed by atoms with Crippen molar-refractivity contribution in [2.24, 2.45) is 17.9 Å². The van der Waals surface area contributed by atoms with E-state index in [9.17, 15) is 4.79 Å². The van der Waals surface area contributed by atoms with Crippen LogP contribution in [0.1, 0.15) is 16.1 Å². The Morgan fingerprint density at radius 2 is 2.47 bits per heavy atom. The van der Waals surface area contributed by atoms with Crippen molar-refractivity contribution in [3.63, 3.8) is 0 Å². The number of carbonyl (C=O) groups excluding carboxylic acids is 1. The van der Waals surface area contributed by atoms with Crippen molar-refractivity contribution in [2.75, 3.05) is 6.54 Å². The first-order chi connectivity index (χ1) is 7.04. The van der Waals surface area contributed by atoms with E-state index in [0.29, 0.717) is 11.3 Å². The van der Waals surface area contributed by atoms with Gasteiger partial charge in [0.05, 0.1) is 17.8 Å². The Kier molecular flexibility index (Phi) is 3.27. The van der Waals surface area contributed by atoms with Crippen molar-refractivity contribution in [1.82, 2.24) is 15.1 Å². The zero-order chi connectivity index (χ0) is 11.4. The molecular formula is C8H13N5O2. The maximum absolute atomic E-state index is 11.5. The SMILES string of the molecule is Cc1nn(C)cc1C(=O)NC/C(N)=N/O. The van der Waals surface area contributed by atoms with Gasteiger partial charge in [-0.05, 0) is 6.92 Å². The molecule has 0 aliphatic heterocycles. The molecule has 0 bridgehead atoms. The number of hydrogen-bond acceptors (Lipinski definition) is 4. The van der Waals surface area contributed by atoms with Gasteiger partial charge in [-0.2, -0.15) is 5.10 Å². The van der Waals surface area contributed by atoms with E-state index in [1.54, 1.807) is 24.9 Å². The first-order valence-corrected chi connectivity index (χ1v) is 4.29. The molecule has 0 fully saturated rings. The molecule has 7 nitrogen and oxygen atoms in total. The smallest absolute Gasteiger partial charge is 0.255 e. The highest BCUT2D eigenvalue weighted by molar-refractivity contribution is 5.97. The van der Waals surface area contributed by atoms with Gasteiger partial charge in [-0.3, -0.25) is 9.48 Å². The fourth-order valence-electron chi connectivity index (χ4n) is 1.12. The molecule has 0 unspecified atom stereocenters. The van der Waals surface area contributed by atoms with E-state index in [2.05, 4.69) is 15.6 Å². The molecule has 0 saturated carbocycles. The number of amides is 1. The highest BCUT2D eigenvalue weighted by Gasteiger charge is 2.11. The number of carbonyl (C=O) groups is 1. The monoisotopic (exact) mass is 211 g/mol. The van der Waals surface area contributed by atoms with Crippen LogP contribution in [0.4, 0.5) is 0 Å². The lowest BCUT2D eigenvalue weighted by Gasteiger charge is -2.01. The van der Waals surface area contributed by atoms with Crippen LogP contribution in [-0.4, -0.2) is 33.3 Å².